The summed E-state index contributed by atoms with van der Waals surface area (Å²) >= 11 is 0. The molecule has 1 atom stereocenters. The van der Waals surface area contributed by atoms with E-state index < -0.39 is 17.5 Å². The molecule has 0 aromatic heterocycles. The summed E-state index contributed by atoms with van der Waals surface area (Å²) in [5.74, 6) is -1.12. The topological polar surface area (TPSA) is 43.4 Å². The Morgan fingerprint density at radius 2 is 1.91 bits per heavy atom. The molecule has 0 spiro atoms. The lowest BCUT2D eigenvalue weighted by atomic mass is 10.1. The molecule has 3 nitrogen and oxygen atoms in total. The first-order chi connectivity index (χ1) is 4.87. The van der Waals surface area contributed by atoms with Crippen molar-refractivity contribution in [3.63, 3.8) is 0 Å². The number of carbonyl (C=O) groups excluding carboxylic acids is 2. The zero-order valence-electron chi connectivity index (χ0n) is 7.38. The number of esters is 1. The van der Waals surface area contributed by atoms with Crippen molar-refractivity contribution in [1.82, 2.24) is 0 Å². The first-order valence-corrected chi connectivity index (χ1v) is 3.55. The summed E-state index contributed by atoms with van der Waals surface area (Å²) in [6.45, 7) is 6.81. The zero-order valence-corrected chi connectivity index (χ0v) is 7.38. The van der Waals surface area contributed by atoms with Crippen LogP contribution in [-0.4, -0.2) is 17.9 Å². The fraction of sp³-hybridized carbons (Fsp3) is 0.750. The zero-order chi connectivity index (χ0) is 9.07. The summed E-state index contributed by atoms with van der Waals surface area (Å²) < 4.78 is 4.92. The van der Waals surface area contributed by atoms with Crippen molar-refractivity contribution in [3.8, 4) is 0 Å². The van der Waals surface area contributed by atoms with Gasteiger partial charge in [0.15, 0.2) is 0 Å². The number of aldehydes is 1. The smallest absolute Gasteiger partial charge is 0.316 e. The molecule has 0 saturated heterocycles. The van der Waals surface area contributed by atoms with Gasteiger partial charge in [0.1, 0.15) is 17.8 Å². The molecule has 0 amide bonds. The van der Waals surface area contributed by atoms with E-state index in [9.17, 15) is 9.59 Å². The van der Waals surface area contributed by atoms with Crippen LogP contribution in [-0.2, 0) is 14.3 Å². The molecule has 0 radical (unpaired) electrons. The predicted molar refractivity (Wildman–Crippen MR) is 41.1 cm³/mol. The number of hydrogen-bond donors (Lipinski definition) is 0. The van der Waals surface area contributed by atoms with Crippen molar-refractivity contribution in [2.24, 2.45) is 5.92 Å². The van der Waals surface area contributed by atoms with E-state index >= 15 is 0 Å². The minimum atomic E-state index is -0.658. The summed E-state index contributed by atoms with van der Waals surface area (Å²) in [6, 6.07) is 0. The van der Waals surface area contributed by atoms with Gasteiger partial charge < -0.3 is 9.53 Å². The Bertz CT molecular complexity index is 155. The molecule has 0 unspecified atom stereocenters. The second-order valence-electron chi connectivity index (χ2n) is 3.46. The Kier molecular flexibility index (Phi) is 3.23. The van der Waals surface area contributed by atoms with Crippen LogP contribution < -0.4 is 0 Å². The van der Waals surface area contributed by atoms with Crippen LogP contribution >= 0.6 is 0 Å². The van der Waals surface area contributed by atoms with Crippen LogP contribution in [0.15, 0.2) is 0 Å². The van der Waals surface area contributed by atoms with Crippen molar-refractivity contribution in [2.75, 3.05) is 0 Å². The molecule has 3 heteroatoms. The van der Waals surface area contributed by atoms with Crippen LogP contribution in [0.3, 0.4) is 0 Å². The SMILES string of the molecule is C[C@@H](C=O)C(=O)OC(C)(C)C. The van der Waals surface area contributed by atoms with Gasteiger partial charge in [-0.1, -0.05) is 0 Å². The van der Waals surface area contributed by atoms with Gasteiger partial charge in [0.2, 0.25) is 0 Å². The maximum Gasteiger partial charge on any atom is 0.316 e. The number of carbonyl (C=O) groups is 2. The molecule has 64 valence electrons. The van der Waals surface area contributed by atoms with Crippen LogP contribution in [0.5, 0.6) is 0 Å². The van der Waals surface area contributed by atoms with Crippen molar-refractivity contribution >= 4 is 12.3 Å². The maximum absolute atomic E-state index is 10.9. The lowest BCUT2D eigenvalue weighted by molar-refractivity contribution is -0.159. The second-order valence-corrected chi connectivity index (χ2v) is 3.46. The fourth-order valence-electron chi connectivity index (χ4n) is 0.450. The molecule has 0 heterocycles. The van der Waals surface area contributed by atoms with E-state index in [-0.39, 0.29) is 0 Å². The highest BCUT2D eigenvalue weighted by Gasteiger charge is 2.20. The first-order valence-electron chi connectivity index (χ1n) is 3.55. The Balaban J connectivity index is 3.98. The normalized spacial score (nSPS) is 13.8. The van der Waals surface area contributed by atoms with Crippen molar-refractivity contribution in [2.45, 2.75) is 33.3 Å². The Morgan fingerprint density at radius 3 is 2.18 bits per heavy atom. The molecule has 0 fully saturated rings. The summed E-state index contributed by atoms with van der Waals surface area (Å²) in [5.41, 5.74) is -0.506. The highest BCUT2D eigenvalue weighted by Crippen LogP contribution is 2.09. The molecular weight excluding hydrogens is 144 g/mol. The Labute approximate surface area is 66.7 Å². The molecule has 11 heavy (non-hydrogen) atoms. The van der Waals surface area contributed by atoms with E-state index in [1.165, 1.54) is 6.92 Å². The van der Waals surface area contributed by atoms with Gasteiger partial charge in [-0.25, -0.2) is 0 Å². The molecule has 0 rings (SSSR count). The number of ether oxygens (including phenoxy) is 1. The number of hydrogen-bond acceptors (Lipinski definition) is 3. The van der Waals surface area contributed by atoms with Gasteiger partial charge in [0.05, 0.1) is 0 Å². The minimum Gasteiger partial charge on any atom is -0.459 e. The molecule has 0 aromatic carbocycles. The third kappa shape index (κ3) is 4.53. The van der Waals surface area contributed by atoms with E-state index in [4.69, 9.17) is 4.74 Å². The summed E-state index contributed by atoms with van der Waals surface area (Å²) in [4.78, 5) is 21.1. The van der Waals surface area contributed by atoms with Crippen molar-refractivity contribution < 1.29 is 14.3 Å². The molecule has 0 aromatic rings. The summed E-state index contributed by atoms with van der Waals surface area (Å²) in [7, 11) is 0. The van der Waals surface area contributed by atoms with E-state index in [0.29, 0.717) is 6.29 Å². The van der Waals surface area contributed by atoms with Gasteiger partial charge in [-0.05, 0) is 27.7 Å². The molecule has 0 aliphatic heterocycles. The maximum atomic E-state index is 10.9. The molecule has 0 N–H and O–H groups in total. The van der Waals surface area contributed by atoms with E-state index in [2.05, 4.69) is 0 Å². The highest BCUT2D eigenvalue weighted by molar-refractivity contribution is 5.87. The van der Waals surface area contributed by atoms with Gasteiger partial charge in [0, 0.05) is 0 Å². The summed E-state index contributed by atoms with van der Waals surface area (Å²) in [6.07, 6.45) is 0.577. The lowest BCUT2D eigenvalue weighted by Crippen LogP contribution is -2.28. The third-order valence-electron chi connectivity index (χ3n) is 0.983. The summed E-state index contributed by atoms with van der Waals surface area (Å²) in [5, 5.41) is 0. The van der Waals surface area contributed by atoms with Gasteiger partial charge >= 0.3 is 5.97 Å². The van der Waals surface area contributed by atoms with Crippen molar-refractivity contribution in [1.29, 1.82) is 0 Å². The predicted octanol–water partition coefficient (Wildman–Crippen LogP) is 1.16. The lowest BCUT2D eigenvalue weighted by Gasteiger charge is -2.20. The van der Waals surface area contributed by atoms with Crippen LogP contribution in [0.1, 0.15) is 27.7 Å². The Hall–Kier alpha value is -0.860. The van der Waals surface area contributed by atoms with Gasteiger partial charge in [-0.2, -0.15) is 0 Å². The molecule has 0 aliphatic rings. The molecular formula is C8H14O3. The quantitative estimate of drug-likeness (QED) is 0.344. The average molecular weight is 158 g/mol. The van der Waals surface area contributed by atoms with Crippen LogP contribution in [0.2, 0.25) is 0 Å². The van der Waals surface area contributed by atoms with Gasteiger partial charge in [-0.15, -0.1) is 0 Å². The third-order valence-corrected chi connectivity index (χ3v) is 0.983. The molecule has 0 bridgehead atoms. The minimum absolute atomic E-state index is 0.465. The first kappa shape index (κ1) is 10.1. The standard InChI is InChI=1S/C8H14O3/c1-6(5-9)7(10)11-8(2,3)4/h5-6H,1-4H3/t6-/m0/s1. The van der Waals surface area contributed by atoms with Gasteiger partial charge in [0.25, 0.3) is 0 Å². The van der Waals surface area contributed by atoms with Crippen molar-refractivity contribution in [3.05, 3.63) is 0 Å². The molecule has 0 aliphatic carbocycles. The highest BCUT2D eigenvalue weighted by atomic mass is 16.6. The fourth-order valence-corrected chi connectivity index (χ4v) is 0.450. The van der Waals surface area contributed by atoms with E-state index in [1.54, 1.807) is 20.8 Å². The van der Waals surface area contributed by atoms with E-state index in [0.717, 1.165) is 0 Å². The monoisotopic (exact) mass is 158 g/mol. The molecule has 0 saturated carbocycles. The van der Waals surface area contributed by atoms with Crippen LogP contribution in [0, 0.1) is 5.92 Å². The van der Waals surface area contributed by atoms with Gasteiger partial charge in [-0.3, -0.25) is 4.79 Å². The second kappa shape index (κ2) is 3.51. The van der Waals surface area contributed by atoms with Crippen LogP contribution in [0.4, 0.5) is 0 Å². The average Bonchev–Trinajstić information content (AvgIpc) is 1.82. The largest absolute Gasteiger partial charge is 0.459 e. The Morgan fingerprint density at radius 1 is 1.45 bits per heavy atom. The number of rotatable bonds is 2. The van der Waals surface area contributed by atoms with E-state index in [1.807, 2.05) is 0 Å². The van der Waals surface area contributed by atoms with Crippen LogP contribution in [0.25, 0.3) is 0 Å².